The molecule has 1 atom stereocenters. The van der Waals surface area contributed by atoms with Crippen molar-refractivity contribution in [3.05, 3.63) is 65.5 Å². The lowest BCUT2D eigenvalue weighted by atomic mass is 10.1. The Bertz CT molecular complexity index is 774. The molecule has 0 amide bonds. The fourth-order valence-corrected chi connectivity index (χ4v) is 3.03. The highest BCUT2D eigenvalue weighted by molar-refractivity contribution is 5.77. The maximum Gasteiger partial charge on any atom is 0.127 e. The first kappa shape index (κ1) is 15.8. The first-order valence-corrected chi connectivity index (χ1v) is 8.45. The first-order chi connectivity index (χ1) is 11.2. The van der Waals surface area contributed by atoms with E-state index in [0.29, 0.717) is 0 Å². The van der Waals surface area contributed by atoms with Gasteiger partial charge in [-0.1, -0.05) is 56.2 Å². The lowest BCUT2D eigenvalue weighted by molar-refractivity contribution is 0.552. The highest BCUT2D eigenvalue weighted by Gasteiger charge is 2.17. The van der Waals surface area contributed by atoms with Crippen molar-refractivity contribution < 1.29 is 0 Å². The fraction of sp³-hybridized carbons (Fsp3) is 0.350. The maximum absolute atomic E-state index is 6.45. The second kappa shape index (κ2) is 6.97. The van der Waals surface area contributed by atoms with Crippen molar-refractivity contribution in [3.63, 3.8) is 0 Å². The van der Waals surface area contributed by atoms with E-state index in [9.17, 15) is 0 Å². The summed E-state index contributed by atoms with van der Waals surface area (Å²) in [6, 6.07) is 17.0. The molecular formula is C20H25N3. The molecule has 0 saturated heterocycles. The number of imidazole rings is 1. The van der Waals surface area contributed by atoms with E-state index in [4.69, 9.17) is 10.7 Å². The lowest BCUT2D eigenvalue weighted by Crippen LogP contribution is -2.17. The summed E-state index contributed by atoms with van der Waals surface area (Å²) in [5.74, 6) is 1.00. The second-order valence-corrected chi connectivity index (χ2v) is 6.28. The molecule has 0 aliphatic rings. The molecule has 0 fully saturated rings. The number of aryl methyl sites for hydroxylation is 1. The lowest BCUT2D eigenvalue weighted by Gasteiger charge is -2.14. The van der Waals surface area contributed by atoms with Gasteiger partial charge in [0.2, 0.25) is 0 Å². The standard InChI is InChI=1S/C20H25N3/c1-3-4-10-17(21)20-22-18-13-15(2)11-12-19(18)23(20)14-16-8-6-5-7-9-16/h5-9,11-13,17H,3-4,10,14,21H2,1-2H3. The maximum atomic E-state index is 6.45. The Hall–Kier alpha value is -2.13. The van der Waals surface area contributed by atoms with Gasteiger partial charge in [0.1, 0.15) is 5.82 Å². The van der Waals surface area contributed by atoms with E-state index in [-0.39, 0.29) is 6.04 Å². The molecule has 23 heavy (non-hydrogen) atoms. The predicted molar refractivity (Wildman–Crippen MR) is 96.5 cm³/mol. The van der Waals surface area contributed by atoms with Gasteiger partial charge in [-0.2, -0.15) is 0 Å². The fourth-order valence-electron chi connectivity index (χ4n) is 3.03. The van der Waals surface area contributed by atoms with Gasteiger partial charge in [-0.25, -0.2) is 4.98 Å². The molecule has 0 saturated carbocycles. The van der Waals surface area contributed by atoms with Crippen LogP contribution in [-0.2, 0) is 6.54 Å². The molecule has 0 bridgehead atoms. The molecule has 2 aromatic carbocycles. The van der Waals surface area contributed by atoms with Crippen LogP contribution in [0.2, 0.25) is 0 Å². The van der Waals surface area contributed by atoms with Gasteiger partial charge in [-0.3, -0.25) is 0 Å². The van der Waals surface area contributed by atoms with Gasteiger partial charge < -0.3 is 10.3 Å². The van der Waals surface area contributed by atoms with Crippen LogP contribution >= 0.6 is 0 Å². The number of hydrogen-bond donors (Lipinski definition) is 1. The molecule has 1 unspecified atom stereocenters. The predicted octanol–water partition coefficient (Wildman–Crippen LogP) is 4.58. The van der Waals surface area contributed by atoms with Crippen molar-refractivity contribution in [2.75, 3.05) is 0 Å². The van der Waals surface area contributed by atoms with Crippen LogP contribution in [0.25, 0.3) is 11.0 Å². The normalized spacial score (nSPS) is 12.7. The minimum Gasteiger partial charge on any atom is -0.322 e. The number of benzene rings is 2. The van der Waals surface area contributed by atoms with Crippen LogP contribution in [-0.4, -0.2) is 9.55 Å². The third-order valence-electron chi connectivity index (χ3n) is 4.32. The van der Waals surface area contributed by atoms with Crippen molar-refractivity contribution >= 4 is 11.0 Å². The summed E-state index contributed by atoms with van der Waals surface area (Å²) in [5.41, 5.74) is 11.2. The molecule has 0 aliphatic heterocycles. The zero-order valence-corrected chi connectivity index (χ0v) is 14.0. The number of unbranched alkanes of at least 4 members (excludes halogenated alkanes) is 1. The van der Waals surface area contributed by atoms with Crippen LogP contribution in [0.5, 0.6) is 0 Å². The van der Waals surface area contributed by atoms with Crippen molar-refractivity contribution in [1.29, 1.82) is 0 Å². The molecule has 2 N–H and O–H groups in total. The van der Waals surface area contributed by atoms with Gasteiger partial charge in [0.15, 0.2) is 0 Å². The largest absolute Gasteiger partial charge is 0.322 e. The Morgan fingerprint density at radius 2 is 1.91 bits per heavy atom. The molecule has 3 nitrogen and oxygen atoms in total. The zero-order valence-electron chi connectivity index (χ0n) is 14.0. The highest BCUT2D eigenvalue weighted by atomic mass is 15.1. The van der Waals surface area contributed by atoms with Gasteiger partial charge >= 0.3 is 0 Å². The van der Waals surface area contributed by atoms with E-state index in [1.165, 1.54) is 16.6 Å². The Morgan fingerprint density at radius 3 is 2.65 bits per heavy atom. The van der Waals surface area contributed by atoms with E-state index in [0.717, 1.165) is 37.1 Å². The van der Waals surface area contributed by atoms with Crippen LogP contribution in [0.15, 0.2) is 48.5 Å². The molecule has 1 heterocycles. The quantitative estimate of drug-likeness (QED) is 0.724. The molecule has 3 rings (SSSR count). The number of nitrogens with two attached hydrogens (primary N) is 1. The zero-order chi connectivity index (χ0) is 16.2. The first-order valence-electron chi connectivity index (χ1n) is 8.45. The van der Waals surface area contributed by atoms with Crippen LogP contribution in [0.3, 0.4) is 0 Å². The minimum absolute atomic E-state index is 0.00799. The van der Waals surface area contributed by atoms with Crippen LogP contribution in [0.4, 0.5) is 0 Å². The number of rotatable bonds is 6. The highest BCUT2D eigenvalue weighted by Crippen LogP contribution is 2.24. The number of fused-ring (bicyclic) bond motifs is 1. The van der Waals surface area contributed by atoms with Gasteiger partial charge in [0.05, 0.1) is 17.1 Å². The minimum atomic E-state index is -0.00799. The average Bonchev–Trinajstić information content (AvgIpc) is 2.91. The topological polar surface area (TPSA) is 43.8 Å². The third kappa shape index (κ3) is 3.45. The van der Waals surface area contributed by atoms with Crippen LogP contribution in [0, 0.1) is 6.92 Å². The van der Waals surface area contributed by atoms with Gasteiger partial charge in [0.25, 0.3) is 0 Å². The molecule has 0 aliphatic carbocycles. The van der Waals surface area contributed by atoms with Crippen molar-refractivity contribution in [2.45, 2.75) is 45.7 Å². The number of aromatic nitrogens is 2. The summed E-state index contributed by atoms with van der Waals surface area (Å²) < 4.78 is 2.28. The average molecular weight is 307 g/mol. The van der Waals surface area contributed by atoms with Crippen molar-refractivity contribution in [1.82, 2.24) is 9.55 Å². The van der Waals surface area contributed by atoms with Gasteiger partial charge in [0, 0.05) is 6.54 Å². The summed E-state index contributed by atoms with van der Waals surface area (Å²) in [6.45, 7) is 5.12. The smallest absolute Gasteiger partial charge is 0.127 e. The van der Waals surface area contributed by atoms with Crippen molar-refractivity contribution in [2.24, 2.45) is 5.73 Å². The van der Waals surface area contributed by atoms with Gasteiger partial charge in [-0.05, 0) is 36.6 Å². The summed E-state index contributed by atoms with van der Waals surface area (Å²) in [6.07, 6.45) is 3.27. The molecule has 3 heteroatoms. The van der Waals surface area contributed by atoms with E-state index in [1.54, 1.807) is 0 Å². The van der Waals surface area contributed by atoms with Crippen LogP contribution < -0.4 is 5.73 Å². The summed E-state index contributed by atoms with van der Waals surface area (Å²) in [4.78, 5) is 4.86. The third-order valence-corrected chi connectivity index (χ3v) is 4.32. The second-order valence-electron chi connectivity index (χ2n) is 6.28. The summed E-state index contributed by atoms with van der Waals surface area (Å²) in [5, 5.41) is 0. The Balaban J connectivity index is 2.04. The van der Waals surface area contributed by atoms with Crippen molar-refractivity contribution in [3.8, 4) is 0 Å². The van der Waals surface area contributed by atoms with Crippen LogP contribution in [0.1, 0.15) is 49.2 Å². The number of nitrogens with zero attached hydrogens (tertiary/aromatic N) is 2. The molecular weight excluding hydrogens is 282 g/mol. The molecule has 0 spiro atoms. The van der Waals surface area contributed by atoms with E-state index in [2.05, 4.69) is 60.9 Å². The molecule has 3 aromatic rings. The van der Waals surface area contributed by atoms with E-state index >= 15 is 0 Å². The SMILES string of the molecule is CCCCC(N)c1nc2cc(C)ccc2n1Cc1ccccc1. The Kier molecular flexibility index (Phi) is 4.77. The molecule has 120 valence electrons. The van der Waals surface area contributed by atoms with E-state index in [1.807, 2.05) is 6.07 Å². The van der Waals surface area contributed by atoms with Gasteiger partial charge in [-0.15, -0.1) is 0 Å². The monoisotopic (exact) mass is 307 g/mol. The summed E-state index contributed by atoms with van der Waals surface area (Å²) in [7, 11) is 0. The Morgan fingerprint density at radius 1 is 1.13 bits per heavy atom. The molecule has 1 aromatic heterocycles. The molecule has 0 radical (unpaired) electrons. The Labute approximate surface area is 138 Å². The number of hydrogen-bond acceptors (Lipinski definition) is 2. The van der Waals surface area contributed by atoms with E-state index < -0.39 is 0 Å². The summed E-state index contributed by atoms with van der Waals surface area (Å²) >= 11 is 0.